The maximum Gasteiger partial charge on any atom is 0.339 e. The zero-order valence-corrected chi connectivity index (χ0v) is 17.1. The molecule has 1 atom stereocenters. The number of carbonyl (C=O) groups excluding carboxylic acids is 1. The van der Waals surface area contributed by atoms with E-state index in [1.807, 2.05) is 39.8 Å². The van der Waals surface area contributed by atoms with E-state index in [2.05, 4.69) is 0 Å². The van der Waals surface area contributed by atoms with Crippen LogP contribution in [-0.4, -0.2) is 27.6 Å². The van der Waals surface area contributed by atoms with Gasteiger partial charge in [-0.2, -0.15) is 0 Å². The third kappa shape index (κ3) is 5.12. The molecule has 5 heteroatoms. The Bertz CT molecular complexity index is 885. The molecule has 2 N–H and O–H groups in total. The van der Waals surface area contributed by atoms with Crippen LogP contribution in [-0.2, 0) is 4.79 Å². The number of phenols is 1. The molecule has 0 aromatic heterocycles. The van der Waals surface area contributed by atoms with Crippen molar-refractivity contribution in [1.29, 1.82) is 0 Å². The molecule has 1 aromatic rings. The second kappa shape index (κ2) is 8.46. The van der Waals surface area contributed by atoms with Gasteiger partial charge in [0.15, 0.2) is 5.78 Å². The molecule has 0 saturated carbocycles. The van der Waals surface area contributed by atoms with Gasteiger partial charge in [0.05, 0.1) is 5.56 Å². The smallest absolute Gasteiger partial charge is 0.339 e. The third-order valence-electron chi connectivity index (χ3n) is 4.70. The zero-order chi connectivity index (χ0) is 21.1. The van der Waals surface area contributed by atoms with Crippen molar-refractivity contribution in [2.24, 2.45) is 0 Å². The lowest BCUT2D eigenvalue weighted by molar-refractivity contribution is -0.114. The molecule has 28 heavy (non-hydrogen) atoms. The number of aryl methyl sites for hydroxylation is 1. The Balaban J connectivity index is 2.09. The first-order valence-electron chi connectivity index (χ1n) is 9.34. The summed E-state index contributed by atoms with van der Waals surface area (Å²) in [5, 5.41) is 19.6. The van der Waals surface area contributed by atoms with Gasteiger partial charge in [0.25, 0.3) is 0 Å². The number of ketones is 1. The van der Waals surface area contributed by atoms with E-state index in [9.17, 15) is 19.8 Å². The van der Waals surface area contributed by atoms with Crippen molar-refractivity contribution in [2.75, 3.05) is 0 Å². The topological polar surface area (TPSA) is 83.8 Å². The van der Waals surface area contributed by atoms with Gasteiger partial charge in [0, 0.05) is 6.42 Å². The number of rotatable bonds is 7. The Morgan fingerprint density at radius 1 is 1.25 bits per heavy atom. The number of aromatic hydroxyl groups is 1. The summed E-state index contributed by atoms with van der Waals surface area (Å²) in [5.41, 5.74) is 2.18. The first-order chi connectivity index (χ1) is 13.0. The molecule has 1 aliphatic rings. The number of carbonyl (C=O) groups is 2. The van der Waals surface area contributed by atoms with E-state index in [0.717, 1.165) is 17.6 Å². The van der Waals surface area contributed by atoms with Crippen LogP contribution in [0.2, 0.25) is 0 Å². The van der Waals surface area contributed by atoms with Crippen LogP contribution in [0, 0.1) is 6.92 Å². The van der Waals surface area contributed by atoms with Crippen LogP contribution < -0.4 is 4.74 Å². The van der Waals surface area contributed by atoms with Gasteiger partial charge in [-0.1, -0.05) is 17.2 Å². The summed E-state index contributed by atoms with van der Waals surface area (Å²) in [7, 11) is 0. The second-order valence-electron chi connectivity index (χ2n) is 7.84. The summed E-state index contributed by atoms with van der Waals surface area (Å²) in [6.07, 6.45) is 9.10. The Morgan fingerprint density at radius 2 is 1.93 bits per heavy atom. The number of carboxylic acids is 1. The highest BCUT2D eigenvalue weighted by molar-refractivity contribution is 5.95. The Kier molecular flexibility index (Phi) is 6.49. The average Bonchev–Trinajstić information content (AvgIpc) is 2.52. The number of allylic oxidation sites excluding steroid dienone is 4. The molecule has 1 aromatic carbocycles. The molecule has 0 amide bonds. The van der Waals surface area contributed by atoms with Gasteiger partial charge < -0.3 is 14.9 Å². The highest BCUT2D eigenvalue weighted by atomic mass is 16.5. The molecule has 0 saturated heterocycles. The number of benzene rings is 1. The molecule has 0 unspecified atom stereocenters. The molecule has 2 rings (SSSR count). The normalized spacial score (nSPS) is 18.2. The van der Waals surface area contributed by atoms with Crippen LogP contribution in [0.3, 0.4) is 0 Å². The molecule has 1 aliphatic heterocycles. The second-order valence-corrected chi connectivity index (χ2v) is 7.84. The van der Waals surface area contributed by atoms with E-state index < -0.39 is 11.6 Å². The first-order valence-corrected chi connectivity index (χ1v) is 9.34. The number of hydrogen-bond donors (Lipinski definition) is 2. The van der Waals surface area contributed by atoms with Gasteiger partial charge in [0.1, 0.15) is 22.7 Å². The molecule has 0 aliphatic carbocycles. The van der Waals surface area contributed by atoms with E-state index in [0.29, 0.717) is 29.7 Å². The summed E-state index contributed by atoms with van der Waals surface area (Å²) in [5.74, 6) is -0.857. The summed E-state index contributed by atoms with van der Waals surface area (Å²) in [6, 6.07) is 1.65. The molecule has 0 radical (unpaired) electrons. The van der Waals surface area contributed by atoms with E-state index in [1.165, 1.54) is 0 Å². The lowest BCUT2D eigenvalue weighted by Gasteiger charge is -2.32. The Labute approximate surface area is 166 Å². The summed E-state index contributed by atoms with van der Waals surface area (Å²) >= 11 is 0. The van der Waals surface area contributed by atoms with Crippen LogP contribution in [0.1, 0.15) is 68.4 Å². The maximum absolute atomic E-state index is 11.8. The molecule has 0 bridgehead atoms. The summed E-state index contributed by atoms with van der Waals surface area (Å²) in [6.45, 7) is 9.34. The maximum atomic E-state index is 11.8. The van der Waals surface area contributed by atoms with Gasteiger partial charge in [-0.3, -0.25) is 4.79 Å². The minimum Gasteiger partial charge on any atom is -0.506 e. The Morgan fingerprint density at radius 3 is 2.54 bits per heavy atom. The average molecular weight is 384 g/mol. The van der Waals surface area contributed by atoms with E-state index in [4.69, 9.17) is 4.74 Å². The summed E-state index contributed by atoms with van der Waals surface area (Å²) in [4.78, 5) is 23.2. The van der Waals surface area contributed by atoms with E-state index >= 15 is 0 Å². The predicted octanol–water partition coefficient (Wildman–Crippen LogP) is 5.22. The summed E-state index contributed by atoms with van der Waals surface area (Å²) < 4.78 is 6.09. The molecule has 150 valence electrons. The largest absolute Gasteiger partial charge is 0.506 e. The fourth-order valence-corrected chi connectivity index (χ4v) is 3.30. The van der Waals surface area contributed by atoms with Crippen LogP contribution in [0.15, 0.2) is 35.4 Å². The fraction of sp³-hybridized carbons (Fsp3) is 0.391. The van der Waals surface area contributed by atoms with Gasteiger partial charge in [-0.25, -0.2) is 4.79 Å². The minimum atomic E-state index is -1.16. The SMILES string of the molecule is CC(C)=CC(=O)C/C(C)=C/CC[C@@]1(C)C=Cc2c(cc(C)c(C(=O)O)c2O)O1. The molecule has 0 spiro atoms. The van der Waals surface area contributed by atoms with Crippen molar-refractivity contribution < 1.29 is 24.5 Å². The van der Waals surface area contributed by atoms with Crippen molar-refractivity contribution in [3.05, 3.63) is 52.1 Å². The van der Waals surface area contributed by atoms with Crippen molar-refractivity contribution in [3.63, 3.8) is 0 Å². The molecular weight excluding hydrogens is 356 g/mol. The molecule has 0 fully saturated rings. The molecule has 5 nitrogen and oxygen atoms in total. The van der Waals surface area contributed by atoms with Crippen molar-refractivity contribution in [2.45, 2.75) is 59.5 Å². The number of fused-ring (bicyclic) bond motifs is 1. The molecular formula is C23H28O5. The van der Waals surface area contributed by atoms with Crippen LogP contribution in [0.25, 0.3) is 6.08 Å². The molecule has 1 heterocycles. The fourth-order valence-electron chi connectivity index (χ4n) is 3.30. The Hall–Kier alpha value is -2.82. The van der Waals surface area contributed by atoms with Gasteiger partial charge in [0.2, 0.25) is 0 Å². The minimum absolute atomic E-state index is 0.0999. The van der Waals surface area contributed by atoms with Crippen molar-refractivity contribution in [3.8, 4) is 11.5 Å². The van der Waals surface area contributed by atoms with Crippen molar-refractivity contribution in [1.82, 2.24) is 0 Å². The number of hydrogen-bond acceptors (Lipinski definition) is 4. The highest BCUT2D eigenvalue weighted by Gasteiger charge is 2.30. The van der Waals surface area contributed by atoms with Gasteiger partial charge in [-0.15, -0.1) is 0 Å². The predicted molar refractivity (Wildman–Crippen MR) is 110 cm³/mol. The quantitative estimate of drug-likeness (QED) is 0.498. The number of aromatic carboxylic acids is 1. The highest BCUT2D eigenvalue weighted by Crippen LogP contribution is 2.41. The standard InChI is InChI=1S/C23H28O5/c1-14(2)11-17(24)12-15(3)7-6-9-23(5)10-8-18-19(28-23)13-16(4)20(21(18)25)22(26)27/h7-8,10-11,13,25H,6,9,12H2,1-5H3,(H,26,27)/b15-7+/t23-/m0/s1. The lowest BCUT2D eigenvalue weighted by Crippen LogP contribution is -2.31. The first kappa shape index (κ1) is 21.5. The van der Waals surface area contributed by atoms with E-state index in [-0.39, 0.29) is 17.1 Å². The number of ether oxygens (including phenoxy) is 1. The third-order valence-corrected chi connectivity index (χ3v) is 4.70. The van der Waals surface area contributed by atoms with Gasteiger partial charge in [-0.05, 0) is 77.3 Å². The van der Waals surface area contributed by atoms with Crippen molar-refractivity contribution >= 4 is 17.8 Å². The van der Waals surface area contributed by atoms with Gasteiger partial charge >= 0.3 is 5.97 Å². The monoisotopic (exact) mass is 384 g/mol. The van der Waals surface area contributed by atoms with Crippen LogP contribution in [0.4, 0.5) is 0 Å². The van der Waals surface area contributed by atoms with Crippen LogP contribution >= 0.6 is 0 Å². The lowest BCUT2D eigenvalue weighted by atomic mass is 9.92. The zero-order valence-electron chi connectivity index (χ0n) is 17.1. The number of carboxylic acid groups (broad SMARTS) is 1. The van der Waals surface area contributed by atoms with E-state index in [1.54, 1.807) is 25.1 Å². The van der Waals surface area contributed by atoms with Crippen LogP contribution in [0.5, 0.6) is 11.5 Å².